The van der Waals surface area contributed by atoms with E-state index >= 15 is 0 Å². The van der Waals surface area contributed by atoms with Crippen molar-refractivity contribution in [2.75, 3.05) is 26.2 Å². The predicted molar refractivity (Wildman–Crippen MR) is 68.7 cm³/mol. The smallest absolute Gasteiger partial charge is 0.0718 e. The van der Waals surface area contributed by atoms with Crippen molar-refractivity contribution in [3.05, 3.63) is 0 Å². The molecular weight excluding hydrogens is 200 g/mol. The minimum absolute atomic E-state index is 0.577. The zero-order valence-corrected chi connectivity index (χ0v) is 11.1. The van der Waals surface area contributed by atoms with Crippen LogP contribution in [0, 0.1) is 0 Å². The molecule has 0 saturated carbocycles. The van der Waals surface area contributed by atoms with Crippen LogP contribution in [0.1, 0.15) is 46.5 Å². The van der Waals surface area contributed by atoms with Crippen molar-refractivity contribution >= 4 is 0 Å². The molecule has 1 unspecified atom stereocenters. The number of unbranched alkanes of at least 4 members (excludes halogenated alkanes) is 1. The predicted octanol–water partition coefficient (Wildman–Crippen LogP) is 1.61. The normalized spacial score (nSPS) is 21.9. The fraction of sp³-hybridized carbons (Fsp3) is 1.00. The van der Waals surface area contributed by atoms with E-state index in [9.17, 15) is 5.11 Å². The largest absolute Gasteiger partial charge is 0.389 e. The summed E-state index contributed by atoms with van der Waals surface area (Å²) in [5.74, 6) is 0. The highest BCUT2D eigenvalue weighted by Gasteiger charge is 2.22. The van der Waals surface area contributed by atoms with Gasteiger partial charge in [0.1, 0.15) is 0 Å². The molecule has 0 spiro atoms. The van der Waals surface area contributed by atoms with E-state index < -0.39 is 5.60 Å². The first-order chi connectivity index (χ1) is 7.51. The molecule has 96 valence electrons. The van der Waals surface area contributed by atoms with Crippen molar-refractivity contribution in [1.82, 2.24) is 10.2 Å². The van der Waals surface area contributed by atoms with Gasteiger partial charge in [-0.1, -0.05) is 13.3 Å². The van der Waals surface area contributed by atoms with E-state index in [-0.39, 0.29) is 0 Å². The highest BCUT2D eigenvalue weighted by atomic mass is 16.3. The summed E-state index contributed by atoms with van der Waals surface area (Å²) in [6.07, 6.45) is 5.03. The molecule has 3 nitrogen and oxygen atoms in total. The summed E-state index contributed by atoms with van der Waals surface area (Å²) in [4.78, 5) is 2.41. The molecule has 1 heterocycles. The average Bonchev–Trinajstić information content (AvgIpc) is 2.64. The van der Waals surface area contributed by atoms with Crippen LogP contribution >= 0.6 is 0 Å². The summed E-state index contributed by atoms with van der Waals surface area (Å²) < 4.78 is 0. The Labute approximate surface area is 100 Å². The van der Waals surface area contributed by atoms with Crippen LogP contribution in [0.15, 0.2) is 0 Å². The average molecular weight is 228 g/mol. The fourth-order valence-electron chi connectivity index (χ4n) is 2.39. The van der Waals surface area contributed by atoms with Gasteiger partial charge in [-0.25, -0.2) is 0 Å². The lowest BCUT2D eigenvalue weighted by Gasteiger charge is -2.31. The van der Waals surface area contributed by atoms with E-state index in [1.165, 1.54) is 25.7 Å². The number of rotatable bonds is 7. The SMILES string of the molecule is CCCCN(CC1CCCN1)CC(C)(C)O. The van der Waals surface area contributed by atoms with Crippen LogP contribution in [0.4, 0.5) is 0 Å². The molecule has 1 aliphatic rings. The molecule has 3 heteroatoms. The topological polar surface area (TPSA) is 35.5 Å². The van der Waals surface area contributed by atoms with Crippen molar-refractivity contribution < 1.29 is 5.11 Å². The summed E-state index contributed by atoms with van der Waals surface area (Å²) in [7, 11) is 0. The van der Waals surface area contributed by atoms with Gasteiger partial charge in [0.25, 0.3) is 0 Å². The molecule has 0 aliphatic carbocycles. The second-order valence-electron chi connectivity index (χ2n) is 5.69. The van der Waals surface area contributed by atoms with Gasteiger partial charge in [-0.2, -0.15) is 0 Å². The second kappa shape index (κ2) is 6.58. The Morgan fingerprint density at radius 3 is 2.69 bits per heavy atom. The van der Waals surface area contributed by atoms with Crippen molar-refractivity contribution in [2.24, 2.45) is 0 Å². The van der Waals surface area contributed by atoms with Crippen LogP contribution in [-0.2, 0) is 0 Å². The van der Waals surface area contributed by atoms with Gasteiger partial charge >= 0.3 is 0 Å². The Morgan fingerprint density at radius 2 is 2.19 bits per heavy atom. The number of hydrogen-bond acceptors (Lipinski definition) is 3. The summed E-state index contributed by atoms with van der Waals surface area (Å²) in [6.45, 7) is 10.2. The molecule has 0 radical (unpaired) electrons. The lowest BCUT2D eigenvalue weighted by Crippen LogP contribution is -2.44. The van der Waals surface area contributed by atoms with E-state index in [4.69, 9.17) is 0 Å². The van der Waals surface area contributed by atoms with E-state index in [1.54, 1.807) is 0 Å². The molecule has 0 aromatic heterocycles. The van der Waals surface area contributed by atoms with Gasteiger partial charge in [0, 0.05) is 19.1 Å². The van der Waals surface area contributed by atoms with Crippen LogP contribution in [0.2, 0.25) is 0 Å². The van der Waals surface area contributed by atoms with E-state index in [0.717, 1.165) is 26.2 Å². The first-order valence-electron chi connectivity index (χ1n) is 6.69. The molecule has 1 atom stereocenters. The van der Waals surface area contributed by atoms with Gasteiger partial charge in [0.15, 0.2) is 0 Å². The van der Waals surface area contributed by atoms with Crippen molar-refractivity contribution in [3.8, 4) is 0 Å². The van der Waals surface area contributed by atoms with Crippen LogP contribution in [0.25, 0.3) is 0 Å². The minimum Gasteiger partial charge on any atom is -0.389 e. The number of aliphatic hydroxyl groups is 1. The third-order valence-electron chi connectivity index (χ3n) is 3.08. The minimum atomic E-state index is -0.577. The molecule has 0 bridgehead atoms. The lowest BCUT2D eigenvalue weighted by molar-refractivity contribution is 0.0332. The molecule has 0 aromatic carbocycles. The summed E-state index contributed by atoms with van der Waals surface area (Å²) in [6, 6.07) is 0.638. The number of hydrogen-bond donors (Lipinski definition) is 2. The first kappa shape index (κ1) is 13.9. The van der Waals surface area contributed by atoms with E-state index in [2.05, 4.69) is 17.1 Å². The number of nitrogens with zero attached hydrogens (tertiary/aromatic N) is 1. The monoisotopic (exact) mass is 228 g/mol. The van der Waals surface area contributed by atoms with E-state index in [1.807, 2.05) is 13.8 Å². The van der Waals surface area contributed by atoms with Crippen LogP contribution in [-0.4, -0.2) is 47.8 Å². The summed E-state index contributed by atoms with van der Waals surface area (Å²) in [5.41, 5.74) is -0.577. The van der Waals surface area contributed by atoms with Crippen LogP contribution < -0.4 is 5.32 Å². The molecule has 0 amide bonds. The highest BCUT2D eigenvalue weighted by molar-refractivity contribution is 4.80. The molecule has 16 heavy (non-hydrogen) atoms. The maximum Gasteiger partial charge on any atom is 0.0718 e. The Morgan fingerprint density at radius 1 is 1.44 bits per heavy atom. The molecule has 0 aromatic rings. The van der Waals surface area contributed by atoms with Crippen molar-refractivity contribution in [2.45, 2.75) is 58.1 Å². The third-order valence-corrected chi connectivity index (χ3v) is 3.08. The fourth-order valence-corrected chi connectivity index (χ4v) is 2.39. The molecule has 1 aliphatic heterocycles. The maximum absolute atomic E-state index is 9.90. The first-order valence-corrected chi connectivity index (χ1v) is 6.69. The summed E-state index contributed by atoms with van der Waals surface area (Å²) in [5, 5.41) is 13.4. The standard InChI is InChI=1S/C13H28N2O/c1-4-5-9-15(11-13(2,3)16)10-12-7-6-8-14-12/h12,14,16H,4-11H2,1-3H3. The zero-order valence-electron chi connectivity index (χ0n) is 11.1. The molecule has 2 N–H and O–H groups in total. The van der Waals surface area contributed by atoms with Gasteiger partial charge in [-0.15, -0.1) is 0 Å². The van der Waals surface area contributed by atoms with Gasteiger partial charge < -0.3 is 10.4 Å². The van der Waals surface area contributed by atoms with Gasteiger partial charge in [-0.3, -0.25) is 4.90 Å². The van der Waals surface area contributed by atoms with Crippen LogP contribution in [0.3, 0.4) is 0 Å². The Balaban J connectivity index is 2.35. The maximum atomic E-state index is 9.90. The van der Waals surface area contributed by atoms with Gasteiger partial charge in [-0.05, 0) is 46.2 Å². The Kier molecular flexibility index (Phi) is 5.73. The van der Waals surface area contributed by atoms with Gasteiger partial charge in [0.05, 0.1) is 5.60 Å². The third kappa shape index (κ3) is 5.83. The molecular formula is C13H28N2O. The second-order valence-corrected chi connectivity index (χ2v) is 5.69. The highest BCUT2D eigenvalue weighted by Crippen LogP contribution is 2.11. The summed E-state index contributed by atoms with van der Waals surface area (Å²) >= 11 is 0. The quantitative estimate of drug-likeness (QED) is 0.695. The lowest BCUT2D eigenvalue weighted by atomic mass is 10.1. The molecule has 1 saturated heterocycles. The molecule has 1 rings (SSSR count). The van der Waals surface area contributed by atoms with E-state index in [0.29, 0.717) is 6.04 Å². The van der Waals surface area contributed by atoms with Crippen LogP contribution in [0.5, 0.6) is 0 Å². The molecule has 1 fully saturated rings. The Hall–Kier alpha value is -0.120. The Bertz CT molecular complexity index is 183. The number of nitrogens with one attached hydrogen (secondary N) is 1. The van der Waals surface area contributed by atoms with Gasteiger partial charge in [0.2, 0.25) is 0 Å². The zero-order chi connectivity index (χ0) is 12.0. The van der Waals surface area contributed by atoms with Crippen molar-refractivity contribution in [3.63, 3.8) is 0 Å². The van der Waals surface area contributed by atoms with Crippen molar-refractivity contribution in [1.29, 1.82) is 0 Å².